The molecule has 2 amide bonds. The molecular weight excluding hydrogens is 316 g/mol. The summed E-state index contributed by atoms with van der Waals surface area (Å²) >= 11 is 0. The van der Waals surface area contributed by atoms with E-state index >= 15 is 0 Å². The molecule has 1 aliphatic rings. The van der Waals surface area contributed by atoms with Gasteiger partial charge in [0, 0.05) is 49.4 Å². The summed E-state index contributed by atoms with van der Waals surface area (Å²) in [5.74, 6) is -0.119. The van der Waals surface area contributed by atoms with E-state index in [-0.39, 0.29) is 17.9 Å². The van der Waals surface area contributed by atoms with Gasteiger partial charge >= 0.3 is 0 Å². The van der Waals surface area contributed by atoms with Gasteiger partial charge in [-0.25, -0.2) is 0 Å². The third-order valence-electron chi connectivity index (χ3n) is 4.17. The van der Waals surface area contributed by atoms with Crippen molar-refractivity contribution in [1.82, 2.24) is 20.2 Å². The normalized spacial score (nSPS) is 15.3. The van der Waals surface area contributed by atoms with Crippen molar-refractivity contribution in [2.75, 3.05) is 13.1 Å². The van der Waals surface area contributed by atoms with Gasteiger partial charge in [0.2, 0.25) is 5.91 Å². The van der Waals surface area contributed by atoms with Gasteiger partial charge in [0.05, 0.1) is 5.69 Å². The fraction of sp³-hybridized carbons (Fsp3) is 0.263. The zero-order valence-electron chi connectivity index (χ0n) is 13.8. The number of hydrogen-bond acceptors (Lipinski definition) is 4. The first kappa shape index (κ1) is 16.8. The van der Waals surface area contributed by atoms with Crippen molar-refractivity contribution in [3.8, 4) is 0 Å². The standard InChI is InChI=1S/C19H20N4O2/c24-18(5-4-16-3-1-2-10-21-16)23-13-8-17(9-14-23)22-19(25)15-6-11-20-12-7-15/h1-7,10-12,17H,8-9,13-14H2,(H,22,25). The van der Waals surface area contributed by atoms with Gasteiger partial charge in [-0.05, 0) is 43.2 Å². The third kappa shape index (κ3) is 4.73. The van der Waals surface area contributed by atoms with Crippen molar-refractivity contribution in [3.05, 3.63) is 66.3 Å². The molecule has 0 radical (unpaired) electrons. The number of likely N-dealkylation sites (tertiary alicyclic amines) is 1. The fourth-order valence-corrected chi connectivity index (χ4v) is 2.75. The monoisotopic (exact) mass is 336 g/mol. The fourth-order valence-electron chi connectivity index (χ4n) is 2.75. The number of nitrogens with zero attached hydrogens (tertiary/aromatic N) is 3. The molecule has 1 aliphatic heterocycles. The van der Waals surface area contributed by atoms with Crippen LogP contribution in [0.2, 0.25) is 0 Å². The second kappa shape index (κ2) is 8.19. The summed E-state index contributed by atoms with van der Waals surface area (Å²) in [4.78, 5) is 34.3. The Hall–Kier alpha value is -3.02. The Morgan fingerprint density at radius 3 is 2.52 bits per heavy atom. The average Bonchev–Trinajstić information content (AvgIpc) is 2.68. The van der Waals surface area contributed by atoms with Gasteiger partial charge in [-0.2, -0.15) is 0 Å². The van der Waals surface area contributed by atoms with E-state index in [1.165, 1.54) is 0 Å². The number of hydrogen-bond donors (Lipinski definition) is 1. The van der Waals surface area contributed by atoms with Crippen LogP contribution in [0.1, 0.15) is 28.9 Å². The molecule has 0 unspecified atom stereocenters. The van der Waals surface area contributed by atoms with Crippen LogP contribution in [0.4, 0.5) is 0 Å². The molecule has 6 nitrogen and oxygen atoms in total. The number of aromatic nitrogens is 2. The second-order valence-corrected chi connectivity index (χ2v) is 5.90. The van der Waals surface area contributed by atoms with Gasteiger partial charge in [-0.1, -0.05) is 6.07 Å². The summed E-state index contributed by atoms with van der Waals surface area (Å²) in [6.45, 7) is 1.26. The topological polar surface area (TPSA) is 75.2 Å². The van der Waals surface area contributed by atoms with E-state index in [1.54, 1.807) is 47.8 Å². The molecule has 0 aromatic carbocycles. The maximum atomic E-state index is 12.2. The van der Waals surface area contributed by atoms with Crippen LogP contribution in [0.25, 0.3) is 6.08 Å². The Balaban J connectivity index is 1.47. The van der Waals surface area contributed by atoms with Crippen molar-refractivity contribution >= 4 is 17.9 Å². The van der Waals surface area contributed by atoms with Gasteiger partial charge in [0.15, 0.2) is 0 Å². The first-order chi connectivity index (χ1) is 12.2. The average molecular weight is 336 g/mol. The van der Waals surface area contributed by atoms with Crippen LogP contribution < -0.4 is 5.32 Å². The number of rotatable bonds is 4. The van der Waals surface area contributed by atoms with E-state index < -0.39 is 0 Å². The van der Waals surface area contributed by atoms with Crippen LogP contribution in [0.5, 0.6) is 0 Å². The van der Waals surface area contributed by atoms with Crippen LogP contribution >= 0.6 is 0 Å². The van der Waals surface area contributed by atoms with Crippen molar-refractivity contribution in [2.24, 2.45) is 0 Å². The lowest BCUT2D eigenvalue weighted by molar-refractivity contribution is -0.126. The molecule has 2 aromatic rings. The van der Waals surface area contributed by atoms with Crippen LogP contribution in [-0.4, -0.2) is 45.8 Å². The van der Waals surface area contributed by atoms with Crippen LogP contribution in [0, 0.1) is 0 Å². The zero-order chi connectivity index (χ0) is 17.5. The van der Waals surface area contributed by atoms with E-state index in [0.717, 1.165) is 18.5 Å². The molecule has 0 aliphatic carbocycles. The molecule has 1 N–H and O–H groups in total. The Morgan fingerprint density at radius 1 is 1.08 bits per heavy atom. The van der Waals surface area contributed by atoms with Gasteiger partial charge < -0.3 is 10.2 Å². The zero-order valence-corrected chi connectivity index (χ0v) is 13.8. The predicted octanol–water partition coefficient (Wildman–Crippen LogP) is 1.91. The smallest absolute Gasteiger partial charge is 0.251 e. The van der Waals surface area contributed by atoms with Gasteiger partial charge in [-0.3, -0.25) is 19.6 Å². The molecular formula is C19H20N4O2. The number of nitrogens with one attached hydrogen (secondary N) is 1. The van der Waals surface area contributed by atoms with Crippen LogP contribution in [-0.2, 0) is 4.79 Å². The Labute approximate surface area is 146 Å². The first-order valence-corrected chi connectivity index (χ1v) is 8.31. The maximum absolute atomic E-state index is 12.2. The minimum Gasteiger partial charge on any atom is -0.349 e. The van der Waals surface area contributed by atoms with Crippen LogP contribution in [0.15, 0.2) is 55.0 Å². The Morgan fingerprint density at radius 2 is 1.84 bits per heavy atom. The Bertz CT molecular complexity index is 739. The van der Waals surface area contributed by atoms with Crippen molar-refractivity contribution in [2.45, 2.75) is 18.9 Å². The van der Waals surface area contributed by atoms with Crippen molar-refractivity contribution < 1.29 is 9.59 Å². The molecule has 6 heteroatoms. The van der Waals surface area contributed by atoms with Gasteiger partial charge in [-0.15, -0.1) is 0 Å². The molecule has 0 atom stereocenters. The summed E-state index contributed by atoms with van der Waals surface area (Å²) in [5, 5.41) is 3.02. The summed E-state index contributed by atoms with van der Waals surface area (Å²) < 4.78 is 0. The maximum Gasteiger partial charge on any atom is 0.251 e. The number of carbonyl (C=O) groups is 2. The molecule has 25 heavy (non-hydrogen) atoms. The molecule has 1 saturated heterocycles. The number of amides is 2. The second-order valence-electron chi connectivity index (χ2n) is 5.90. The first-order valence-electron chi connectivity index (χ1n) is 8.31. The van der Waals surface area contributed by atoms with E-state index in [2.05, 4.69) is 15.3 Å². The molecule has 3 rings (SSSR count). The molecule has 0 saturated carbocycles. The number of pyridine rings is 2. The van der Waals surface area contributed by atoms with E-state index in [1.807, 2.05) is 18.2 Å². The molecule has 0 bridgehead atoms. The number of carbonyl (C=O) groups excluding carboxylic acids is 2. The highest BCUT2D eigenvalue weighted by Gasteiger charge is 2.23. The highest BCUT2D eigenvalue weighted by atomic mass is 16.2. The van der Waals surface area contributed by atoms with E-state index in [9.17, 15) is 9.59 Å². The third-order valence-corrected chi connectivity index (χ3v) is 4.17. The molecule has 3 heterocycles. The summed E-state index contributed by atoms with van der Waals surface area (Å²) in [6.07, 6.45) is 9.67. The highest BCUT2D eigenvalue weighted by Crippen LogP contribution is 2.12. The Kier molecular flexibility index (Phi) is 5.51. The SMILES string of the molecule is O=C(NC1CCN(C(=O)C=Cc2ccccn2)CC1)c1ccncc1. The molecule has 1 fully saturated rings. The predicted molar refractivity (Wildman–Crippen MR) is 94.6 cm³/mol. The summed E-state index contributed by atoms with van der Waals surface area (Å²) in [6, 6.07) is 9.04. The largest absolute Gasteiger partial charge is 0.349 e. The highest BCUT2D eigenvalue weighted by molar-refractivity contribution is 5.94. The molecule has 0 spiro atoms. The quantitative estimate of drug-likeness (QED) is 0.866. The van der Waals surface area contributed by atoms with Gasteiger partial charge in [0.1, 0.15) is 0 Å². The van der Waals surface area contributed by atoms with Crippen LogP contribution in [0.3, 0.4) is 0 Å². The van der Waals surface area contributed by atoms with Crippen molar-refractivity contribution in [3.63, 3.8) is 0 Å². The van der Waals surface area contributed by atoms with E-state index in [0.29, 0.717) is 18.7 Å². The number of piperidine rings is 1. The van der Waals surface area contributed by atoms with Gasteiger partial charge in [0.25, 0.3) is 5.91 Å². The molecule has 128 valence electrons. The lowest BCUT2D eigenvalue weighted by atomic mass is 10.0. The summed E-state index contributed by atoms with van der Waals surface area (Å²) in [5.41, 5.74) is 1.36. The summed E-state index contributed by atoms with van der Waals surface area (Å²) in [7, 11) is 0. The van der Waals surface area contributed by atoms with Crippen molar-refractivity contribution in [1.29, 1.82) is 0 Å². The minimum absolute atomic E-state index is 0.0236. The molecule has 2 aromatic heterocycles. The lowest BCUT2D eigenvalue weighted by Crippen LogP contribution is -2.46. The minimum atomic E-state index is -0.0952. The van der Waals surface area contributed by atoms with E-state index in [4.69, 9.17) is 0 Å². The lowest BCUT2D eigenvalue weighted by Gasteiger charge is -2.31.